The maximum Gasteiger partial charge on any atom is 0.270 e. The normalized spacial score (nSPS) is 22.3. The standard InChI is InChI=1S/C23H36N4O4S/c1-18-6-12-26(13-7-18)22(28)19-8-14-27(15-9-19)32(30,31)20-16-21(24(2)17-20)23(29)25-10-4-3-5-11-25/h16-19H,3-15H2,1-2H3. The Balaban J connectivity index is 1.39. The lowest BCUT2D eigenvalue weighted by molar-refractivity contribution is -0.138. The van der Waals surface area contributed by atoms with E-state index in [9.17, 15) is 18.0 Å². The molecule has 3 aliphatic rings. The fourth-order valence-electron chi connectivity index (χ4n) is 5.13. The third-order valence-corrected chi connectivity index (χ3v) is 9.24. The molecule has 0 unspecified atom stereocenters. The van der Waals surface area contributed by atoms with Crippen LogP contribution >= 0.6 is 0 Å². The number of hydrogen-bond donors (Lipinski definition) is 0. The Kier molecular flexibility index (Phi) is 6.95. The predicted molar refractivity (Wildman–Crippen MR) is 122 cm³/mol. The average molecular weight is 465 g/mol. The van der Waals surface area contributed by atoms with Crippen molar-refractivity contribution in [2.75, 3.05) is 39.3 Å². The molecule has 3 saturated heterocycles. The molecule has 4 rings (SSSR count). The van der Waals surface area contributed by atoms with Gasteiger partial charge in [-0.05, 0) is 56.9 Å². The van der Waals surface area contributed by atoms with Gasteiger partial charge in [-0.15, -0.1) is 0 Å². The van der Waals surface area contributed by atoms with E-state index in [0.717, 1.165) is 58.3 Å². The highest BCUT2D eigenvalue weighted by molar-refractivity contribution is 7.89. The summed E-state index contributed by atoms with van der Waals surface area (Å²) in [6, 6.07) is 1.51. The van der Waals surface area contributed by atoms with Gasteiger partial charge in [-0.2, -0.15) is 4.31 Å². The molecule has 4 heterocycles. The fraction of sp³-hybridized carbons (Fsp3) is 0.739. The van der Waals surface area contributed by atoms with E-state index in [4.69, 9.17) is 0 Å². The van der Waals surface area contributed by atoms with Gasteiger partial charge in [0.1, 0.15) is 10.6 Å². The number of piperidine rings is 3. The van der Waals surface area contributed by atoms with Crippen molar-refractivity contribution >= 4 is 21.8 Å². The van der Waals surface area contributed by atoms with Crippen molar-refractivity contribution in [2.24, 2.45) is 18.9 Å². The van der Waals surface area contributed by atoms with Gasteiger partial charge >= 0.3 is 0 Å². The first kappa shape index (κ1) is 23.3. The SMILES string of the molecule is CC1CCN(C(=O)C2CCN(S(=O)(=O)c3cc(C(=O)N4CCCCC4)n(C)c3)CC2)CC1. The van der Waals surface area contributed by atoms with Crippen LogP contribution in [0, 0.1) is 11.8 Å². The smallest absolute Gasteiger partial charge is 0.270 e. The minimum absolute atomic E-state index is 0.0955. The van der Waals surface area contributed by atoms with Crippen molar-refractivity contribution in [3.05, 3.63) is 18.0 Å². The van der Waals surface area contributed by atoms with E-state index in [1.54, 1.807) is 17.8 Å². The lowest BCUT2D eigenvalue weighted by atomic mass is 9.93. The minimum atomic E-state index is -3.69. The summed E-state index contributed by atoms with van der Waals surface area (Å²) in [6.45, 7) is 5.99. The summed E-state index contributed by atoms with van der Waals surface area (Å²) in [6.07, 6.45) is 7.85. The van der Waals surface area contributed by atoms with Crippen molar-refractivity contribution in [1.29, 1.82) is 0 Å². The maximum atomic E-state index is 13.3. The first-order valence-corrected chi connectivity index (χ1v) is 13.5. The van der Waals surface area contributed by atoms with E-state index in [-0.39, 0.29) is 22.6 Å². The second-order valence-electron chi connectivity index (χ2n) is 9.71. The second kappa shape index (κ2) is 9.55. The van der Waals surface area contributed by atoms with E-state index in [2.05, 4.69) is 6.92 Å². The van der Waals surface area contributed by atoms with Crippen LogP contribution in [0.4, 0.5) is 0 Å². The van der Waals surface area contributed by atoms with Gasteiger partial charge in [0.2, 0.25) is 15.9 Å². The molecule has 0 saturated carbocycles. The molecule has 1 aromatic heterocycles. The van der Waals surface area contributed by atoms with Crippen LogP contribution in [0.25, 0.3) is 0 Å². The van der Waals surface area contributed by atoms with Crippen LogP contribution in [0.3, 0.4) is 0 Å². The summed E-state index contributed by atoms with van der Waals surface area (Å²) in [5, 5.41) is 0. The van der Waals surface area contributed by atoms with Gasteiger partial charge in [0.25, 0.3) is 5.91 Å². The summed E-state index contributed by atoms with van der Waals surface area (Å²) >= 11 is 0. The molecule has 32 heavy (non-hydrogen) atoms. The Labute approximate surface area is 191 Å². The summed E-state index contributed by atoms with van der Waals surface area (Å²) in [5.41, 5.74) is 0.412. The lowest BCUT2D eigenvalue weighted by Gasteiger charge is -2.36. The van der Waals surface area contributed by atoms with Gasteiger partial charge < -0.3 is 14.4 Å². The Bertz CT molecular complexity index is 935. The molecule has 0 radical (unpaired) electrons. The van der Waals surface area contributed by atoms with Crippen molar-refractivity contribution in [2.45, 2.75) is 56.8 Å². The highest BCUT2D eigenvalue weighted by atomic mass is 32.2. The van der Waals surface area contributed by atoms with Gasteiger partial charge in [0, 0.05) is 58.4 Å². The number of sulfonamides is 1. The molecule has 0 N–H and O–H groups in total. The van der Waals surface area contributed by atoms with Crippen LogP contribution in [0.5, 0.6) is 0 Å². The second-order valence-corrected chi connectivity index (χ2v) is 11.6. The Morgan fingerprint density at radius 1 is 0.875 bits per heavy atom. The molecule has 0 aliphatic carbocycles. The number of aromatic nitrogens is 1. The molecule has 3 fully saturated rings. The van der Waals surface area contributed by atoms with Crippen molar-refractivity contribution in [3.63, 3.8) is 0 Å². The first-order valence-electron chi connectivity index (χ1n) is 12.0. The van der Waals surface area contributed by atoms with Gasteiger partial charge in [0.15, 0.2) is 0 Å². The van der Waals surface area contributed by atoms with Gasteiger partial charge in [-0.1, -0.05) is 6.92 Å². The fourth-order valence-corrected chi connectivity index (χ4v) is 6.67. The summed E-state index contributed by atoms with van der Waals surface area (Å²) < 4.78 is 29.6. The van der Waals surface area contributed by atoms with Gasteiger partial charge in [0.05, 0.1) is 0 Å². The highest BCUT2D eigenvalue weighted by Crippen LogP contribution is 2.28. The number of hydrogen-bond acceptors (Lipinski definition) is 4. The molecule has 178 valence electrons. The van der Waals surface area contributed by atoms with Crippen LogP contribution in [-0.4, -0.2) is 78.2 Å². The molecule has 8 nitrogen and oxygen atoms in total. The molecule has 0 atom stereocenters. The molecule has 1 aromatic rings. The average Bonchev–Trinajstić information content (AvgIpc) is 3.21. The van der Waals surface area contributed by atoms with Crippen molar-refractivity contribution < 1.29 is 18.0 Å². The van der Waals surface area contributed by atoms with Crippen LogP contribution < -0.4 is 0 Å². The van der Waals surface area contributed by atoms with Crippen LogP contribution in [0.1, 0.15) is 62.4 Å². The van der Waals surface area contributed by atoms with Crippen molar-refractivity contribution in [1.82, 2.24) is 18.7 Å². The number of carbonyl (C=O) groups excluding carboxylic acids is 2. The zero-order valence-corrected chi connectivity index (χ0v) is 20.1. The number of carbonyl (C=O) groups is 2. The monoisotopic (exact) mass is 464 g/mol. The molecule has 3 aliphatic heterocycles. The number of aryl methyl sites for hydroxylation is 1. The topological polar surface area (TPSA) is 82.9 Å². The largest absolute Gasteiger partial charge is 0.345 e. The van der Waals surface area contributed by atoms with E-state index >= 15 is 0 Å². The van der Waals surface area contributed by atoms with Crippen LogP contribution in [0.15, 0.2) is 17.2 Å². The maximum absolute atomic E-state index is 13.3. The van der Waals surface area contributed by atoms with Gasteiger partial charge in [-0.3, -0.25) is 9.59 Å². The molecular weight excluding hydrogens is 428 g/mol. The van der Waals surface area contributed by atoms with Gasteiger partial charge in [-0.25, -0.2) is 8.42 Å². The summed E-state index contributed by atoms with van der Waals surface area (Å²) in [7, 11) is -1.97. The highest BCUT2D eigenvalue weighted by Gasteiger charge is 2.35. The third kappa shape index (κ3) is 4.73. The van der Waals surface area contributed by atoms with E-state index in [0.29, 0.717) is 37.5 Å². The minimum Gasteiger partial charge on any atom is -0.345 e. The summed E-state index contributed by atoms with van der Waals surface area (Å²) in [4.78, 5) is 29.7. The van der Waals surface area contributed by atoms with Crippen LogP contribution in [-0.2, 0) is 21.9 Å². The van der Waals surface area contributed by atoms with E-state index in [1.807, 2.05) is 9.80 Å². The van der Waals surface area contributed by atoms with E-state index in [1.165, 1.54) is 10.4 Å². The molecular formula is C23H36N4O4S. The molecule has 9 heteroatoms. The molecule has 2 amide bonds. The first-order chi connectivity index (χ1) is 15.3. The lowest BCUT2D eigenvalue weighted by Crippen LogP contribution is -2.46. The molecule has 0 bridgehead atoms. The number of amides is 2. The Hall–Kier alpha value is -1.87. The number of nitrogens with zero attached hydrogens (tertiary/aromatic N) is 4. The molecule has 0 spiro atoms. The van der Waals surface area contributed by atoms with Crippen LogP contribution in [0.2, 0.25) is 0 Å². The van der Waals surface area contributed by atoms with E-state index < -0.39 is 10.0 Å². The Morgan fingerprint density at radius 2 is 1.50 bits per heavy atom. The Morgan fingerprint density at radius 3 is 2.12 bits per heavy atom. The summed E-state index contributed by atoms with van der Waals surface area (Å²) in [5.74, 6) is 0.655. The molecule has 0 aromatic carbocycles. The quantitative estimate of drug-likeness (QED) is 0.685. The zero-order valence-electron chi connectivity index (χ0n) is 19.3. The third-order valence-electron chi connectivity index (χ3n) is 7.38. The zero-order chi connectivity index (χ0) is 22.9. The number of likely N-dealkylation sites (tertiary alicyclic amines) is 2. The number of rotatable bonds is 4. The predicted octanol–water partition coefficient (Wildman–Crippen LogP) is 2.31. The van der Waals surface area contributed by atoms with Crippen molar-refractivity contribution in [3.8, 4) is 0 Å².